The number of hydrogen-bond acceptors (Lipinski definition) is 6. The zero-order valence-corrected chi connectivity index (χ0v) is 14.5. The summed E-state index contributed by atoms with van der Waals surface area (Å²) in [5.74, 6) is 0.255. The summed E-state index contributed by atoms with van der Waals surface area (Å²) < 4.78 is 5.40. The lowest BCUT2D eigenvalue weighted by Crippen LogP contribution is -2.36. The minimum Gasteiger partial charge on any atom is -0.508 e. The van der Waals surface area contributed by atoms with E-state index >= 15 is 0 Å². The molecule has 1 saturated heterocycles. The van der Waals surface area contributed by atoms with Crippen LogP contribution in [0.15, 0.2) is 53.9 Å². The number of nitrogens with zero attached hydrogens (tertiary/aromatic N) is 2. The molecule has 2 N–H and O–H groups in total. The zero-order chi connectivity index (χ0) is 17.1. The SMILES string of the molecule is Oc1ccc(Nc2nc(-c3ccc(N4CCOCC4)cc3)cs2)cc1. The number of nitrogens with one attached hydrogen (secondary N) is 1. The maximum atomic E-state index is 9.34. The van der Waals surface area contributed by atoms with Crippen LogP contribution in [0, 0.1) is 0 Å². The monoisotopic (exact) mass is 353 g/mol. The Balaban J connectivity index is 1.46. The molecule has 0 unspecified atom stereocenters. The Morgan fingerprint density at radius 3 is 2.44 bits per heavy atom. The fourth-order valence-corrected chi connectivity index (χ4v) is 3.54. The van der Waals surface area contributed by atoms with Crippen molar-refractivity contribution in [2.24, 2.45) is 0 Å². The number of hydrogen-bond donors (Lipinski definition) is 2. The minimum absolute atomic E-state index is 0.255. The van der Waals surface area contributed by atoms with E-state index in [4.69, 9.17) is 4.74 Å². The van der Waals surface area contributed by atoms with Gasteiger partial charge in [0.1, 0.15) is 5.75 Å². The topological polar surface area (TPSA) is 57.6 Å². The van der Waals surface area contributed by atoms with E-state index in [1.165, 1.54) is 5.69 Å². The van der Waals surface area contributed by atoms with Crippen LogP contribution >= 0.6 is 11.3 Å². The zero-order valence-electron chi connectivity index (χ0n) is 13.7. The van der Waals surface area contributed by atoms with Gasteiger partial charge in [0.2, 0.25) is 0 Å². The highest BCUT2D eigenvalue weighted by atomic mass is 32.1. The molecule has 25 heavy (non-hydrogen) atoms. The fourth-order valence-electron chi connectivity index (χ4n) is 2.80. The van der Waals surface area contributed by atoms with Gasteiger partial charge in [-0.15, -0.1) is 11.3 Å². The van der Waals surface area contributed by atoms with Crippen LogP contribution in [0.4, 0.5) is 16.5 Å². The molecule has 1 aliphatic heterocycles. The van der Waals surface area contributed by atoms with E-state index in [1.54, 1.807) is 23.5 Å². The molecule has 5 nitrogen and oxygen atoms in total. The van der Waals surface area contributed by atoms with E-state index in [1.807, 2.05) is 17.5 Å². The number of rotatable bonds is 4. The number of aromatic nitrogens is 1. The van der Waals surface area contributed by atoms with Gasteiger partial charge in [-0.3, -0.25) is 0 Å². The van der Waals surface area contributed by atoms with Gasteiger partial charge in [0.15, 0.2) is 5.13 Å². The van der Waals surface area contributed by atoms with Crippen molar-refractivity contribution in [3.05, 3.63) is 53.9 Å². The van der Waals surface area contributed by atoms with Crippen LogP contribution in [-0.2, 0) is 4.74 Å². The first-order valence-corrected chi connectivity index (χ1v) is 9.11. The summed E-state index contributed by atoms with van der Waals surface area (Å²) in [5.41, 5.74) is 4.19. The van der Waals surface area contributed by atoms with Crippen molar-refractivity contribution in [3.63, 3.8) is 0 Å². The van der Waals surface area contributed by atoms with Gasteiger partial charge in [-0.25, -0.2) is 4.98 Å². The molecule has 4 rings (SSSR count). The van der Waals surface area contributed by atoms with Crippen LogP contribution in [0.25, 0.3) is 11.3 Å². The van der Waals surface area contributed by atoms with E-state index in [0.717, 1.165) is 48.4 Å². The number of benzene rings is 2. The third-order valence-electron chi connectivity index (χ3n) is 4.16. The van der Waals surface area contributed by atoms with E-state index in [0.29, 0.717) is 0 Å². The van der Waals surface area contributed by atoms with Crippen LogP contribution in [-0.4, -0.2) is 36.4 Å². The van der Waals surface area contributed by atoms with E-state index < -0.39 is 0 Å². The molecule has 1 aliphatic rings. The van der Waals surface area contributed by atoms with E-state index in [2.05, 4.69) is 39.5 Å². The van der Waals surface area contributed by atoms with E-state index in [9.17, 15) is 5.11 Å². The molecular weight excluding hydrogens is 334 g/mol. The molecular formula is C19H19N3O2S. The van der Waals surface area contributed by atoms with Crippen LogP contribution in [0.3, 0.4) is 0 Å². The molecule has 0 radical (unpaired) electrons. The van der Waals surface area contributed by atoms with Crippen LogP contribution in [0.5, 0.6) is 5.75 Å². The Bertz CT molecular complexity index is 825. The molecule has 128 valence electrons. The van der Waals surface area contributed by atoms with Crippen molar-refractivity contribution in [1.82, 2.24) is 4.98 Å². The molecule has 0 saturated carbocycles. The van der Waals surface area contributed by atoms with Crippen LogP contribution < -0.4 is 10.2 Å². The van der Waals surface area contributed by atoms with Gasteiger partial charge in [-0.1, -0.05) is 12.1 Å². The lowest BCUT2D eigenvalue weighted by Gasteiger charge is -2.28. The molecule has 1 aromatic heterocycles. The Kier molecular flexibility index (Phi) is 4.54. The second-order valence-corrected chi connectivity index (χ2v) is 6.71. The first-order chi connectivity index (χ1) is 12.3. The molecule has 1 fully saturated rings. The fraction of sp³-hybridized carbons (Fsp3) is 0.211. The van der Waals surface area contributed by atoms with Crippen molar-refractivity contribution in [2.45, 2.75) is 0 Å². The number of ether oxygens (including phenoxy) is 1. The Hall–Kier alpha value is -2.57. The largest absolute Gasteiger partial charge is 0.508 e. The van der Waals surface area contributed by atoms with Crippen molar-refractivity contribution in [1.29, 1.82) is 0 Å². The summed E-state index contributed by atoms with van der Waals surface area (Å²) in [7, 11) is 0. The Morgan fingerprint density at radius 1 is 1.00 bits per heavy atom. The lowest BCUT2D eigenvalue weighted by molar-refractivity contribution is 0.122. The highest BCUT2D eigenvalue weighted by Gasteiger charge is 2.11. The third-order valence-corrected chi connectivity index (χ3v) is 4.92. The predicted molar refractivity (Wildman–Crippen MR) is 102 cm³/mol. The van der Waals surface area contributed by atoms with Crippen molar-refractivity contribution < 1.29 is 9.84 Å². The summed E-state index contributed by atoms with van der Waals surface area (Å²) in [6, 6.07) is 15.5. The van der Waals surface area contributed by atoms with Gasteiger partial charge in [-0.2, -0.15) is 0 Å². The first kappa shape index (κ1) is 15.9. The maximum absolute atomic E-state index is 9.34. The molecule has 0 bridgehead atoms. The van der Waals surface area contributed by atoms with Crippen LogP contribution in [0.2, 0.25) is 0 Å². The Morgan fingerprint density at radius 2 is 1.72 bits per heavy atom. The standard InChI is InChI=1S/C19H19N3O2S/c23-17-7-3-15(4-8-17)20-19-21-18(13-25-19)14-1-5-16(6-2-14)22-9-11-24-12-10-22/h1-8,13,23H,9-12H2,(H,20,21). The molecule has 0 amide bonds. The van der Waals surface area contributed by atoms with Crippen molar-refractivity contribution in [2.75, 3.05) is 36.5 Å². The molecule has 2 aromatic carbocycles. The van der Waals surface area contributed by atoms with Gasteiger partial charge < -0.3 is 20.1 Å². The van der Waals surface area contributed by atoms with Crippen LogP contribution in [0.1, 0.15) is 0 Å². The third kappa shape index (κ3) is 3.75. The van der Waals surface area contributed by atoms with Crippen molar-refractivity contribution >= 4 is 27.8 Å². The predicted octanol–water partition coefficient (Wildman–Crippen LogP) is 4.10. The summed E-state index contributed by atoms with van der Waals surface area (Å²) in [5, 5.41) is 15.5. The highest BCUT2D eigenvalue weighted by molar-refractivity contribution is 7.14. The van der Waals surface area contributed by atoms with Gasteiger partial charge in [0, 0.05) is 35.4 Å². The van der Waals surface area contributed by atoms with Gasteiger partial charge in [-0.05, 0) is 36.4 Å². The molecule has 2 heterocycles. The summed E-state index contributed by atoms with van der Waals surface area (Å²) in [6.07, 6.45) is 0. The number of phenolic OH excluding ortho intramolecular Hbond substituents is 1. The second-order valence-electron chi connectivity index (χ2n) is 5.86. The molecule has 0 aliphatic carbocycles. The summed E-state index contributed by atoms with van der Waals surface area (Å²) >= 11 is 1.56. The Labute approximate surface area is 150 Å². The number of aromatic hydroxyl groups is 1. The van der Waals surface area contributed by atoms with Crippen molar-refractivity contribution in [3.8, 4) is 17.0 Å². The summed E-state index contributed by atoms with van der Waals surface area (Å²) in [6.45, 7) is 3.47. The number of morpholine rings is 1. The van der Waals surface area contributed by atoms with Gasteiger partial charge >= 0.3 is 0 Å². The lowest BCUT2D eigenvalue weighted by atomic mass is 10.1. The molecule has 3 aromatic rings. The van der Waals surface area contributed by atoms with E-state index in [-0.39, 0.29) is 5.75 Å². The molecule has 0 atom stereocenters. The summed E-state index contributed by atoms with van der Waals surface area (Å²) in [4.78, 5) is 6.99. The molecule has 0 spiro atoms. The first-order valence-electron chi connectivity index (χ1n) is 8.23. The molecule has 6 heteroatoms. The van der Waals surface area contributed by atoms with Gasteiger partial charge in [0.05, 0.1) is 18.9 Å². The average Bonchev–Trinajstić information content (AvgIpc) is 3.13. The highest BCUT2D eigenvalue weighted by Crippen LogP contribution is 2.29. The minimum atomic E-state index is 0.255. The quantitative estimate of drug-likeness (QED) is 0.692. The average molecular weight is 353 g/mol. The number of thiazole rings is 1. The second kappa shape index (κ2) is 7.13. The maximum Gasteiger partial charge on any atom is 0.187 e. The number of anilines is 3. The smallest absolute Gasteiger partial charge is 0.187 e. The number of phenols is 1. The van der Waals surface area contributed by atoms with Gasteiger partial charge in [0.25, 0.3) is 0 Å². The normalized spacial score (nSPS) is 14.5.